The third kappa shape index (κ3) is 4.32. The van der Waals surface area contributed by atoms with Gasteiger partial charge < -0.3 is 14.9 Å². The van der Waals surface area contributed by atoms with E-state index in [1.165, 1.54) is 31.4 Å². The van der Waals surface area contributed by atoms with Crippen LogP contribution in [0.5, 0.6) is 11.5 Å². The molecule has 17 heteroatoms. The van der Waals surface area contributed by atoms with E-state index in [9.17, 15) is 42.3 Å². The first-order valence-electron chi connectivity index (χ1n) is 14.5. The third-order valence-corrected chi connectivity index (χ3v) is 11.1. The van der Waals surface area contributed by atoms with Gasteiger partial charge in [0.15, 0.2) is 33.0 Å². The summed E-state index contributed by atoms with van der Waals surface area (Å²) in [7, 11) is 1.19. The van der Waals surface area contributed by atoms with Crippen molar-refractivity contribution in [3.63, 3.8) is 0 Å². The maximum Gasteiger partial charge on any atom is 0.303 e. The highest BCUT2D eigenvalue weighted by molar-refractivity contribution is 6.58. The van der Waals surface area contributed by atoms with Gasteiger partial charge in [-0.25, -0.2) is 26.9 Å². The van der Waals surface area contributed by atoms with Gasteiger partial charge in [0, 0.05) is 24.4 Å². The average molecular weight is 717 g/mol. The number of allylic oxidation sites excluding steroid dienone is 2. The number of alkyl halides is 2. The molecule has 2 aliphatic carbocycles. The molecule has 0 spiro atoms. The number of benzene rings is 2. The largest absolute Gasteiger partial charge is 0.508 e. The van der Waals surface area contributed by atoms with Gasteiger partial charge in [0.05, 0.1) is 18.9 Å². The molecule has 4 aliphatic rings. The topological polar surface area (TPSA) is 142 Å². The highest BCUT2D eigenvalue weighted by Gasteiger charge is 2.77. The fourth-order valence-electron chi connectivity index (χ4n) is 7.56. The number of carbonyl (C=O) groups excluding carboxylic acids is 4. The fraction of sp³-hybridized carbons (Fsp3) is 0.387. The zero-order valence-electron chi connectivity index (χ0n) is 24.5. The van der Waals surface area contributed by atoms with Crippen molar-refractivity contribution in [2.45, 2.75) is 41.3 Å². The quantitative estimate of drug-likeness (QED) is 0.106. The molecule has 6 atom stereocenters. The Hall–Kier alpha value is -4.24. The van der Waals surface area contributed by atoms with Crippen LogP contribution in [-0.4, -0.2) is 68.1 Å². The molecule has 48 heavy (non-hydrogen) atoms. The Bertz CT molecular complexity index is 1850. The lowest BCUT2D eigenvalue weighted by atomic mass is 9.56. The summed E-state index contributed by atoms with van der Waals surface area (Å²) in [5.41, 5.74) is -2.05. The Balaban J connectivity index is 1.57. The first-order valence-corrected chi connectivity index (χ1v) is 15.2. The molecule has 2 aromatic carbocycles. The van der Waals surface area contributed by atoms with Gasteiger partial charge in [0.25, 0.3) is 11.8 Å². The van der Waals surface area contributed by atoms with E-state index in [1.807, 2.05) is 0 Å². The van der Waals surface area contributed by atoms with Gasteiger partial charge in [0.2, 0.25) is 17.6 Å². The van der Waals surface area contributed by atoms with Gasteiger partial charge in [-0.2, -0.15) is 0 Å². The number of phenols is 1. The Morgan fingerprint density at radius 1 is 0.958 bits per heavy atom. The molecule has 1 saturated carbocycles. The summed E-state index contributed by atoms with van der Waals surface area (Å²) < 4.78 is 78.4. The summed E-state index contributed by atoms with van der Waals surface area (Å²) in [6, 6.07) is 3.87. The summed E-state index contributed by atoms with van der Waals surface area (Å²) in [4.78, 5) is 61.7. The minimum Gasteiger partial charge on any atom is -0.508 e. The number of aromatic hydroxyl groups is 1. The Morgan fingerprint density at radius 3 is 2.19 bits per heavy atom. The van der Waals surface area contributed by atoms with Crippen molar-refractivity contribution in [2.24, 2.45) is 17.8 Å². The van der Waals surface area contributed by atoms with Crippen LogP contribution in [0.3, 0.4) is 0 Å². The number of phenolic OH excluding ortho intramolecular Hbond substituents is 1. The van der Waals surface area contributed by atoms with Crippen LogP contribution in [-0.2, 0) is 24.0 Å². The van der Waals surface area contributed by atoms with Crippen LogP contribution < -0.4 is 9.64 Å². The van der Waals surface area contributed by atoms with Crippen LogP contribution in [0.4, 0.5) is 27.6 Å². The standard InChI is InChI=1S/C31H23Cl2F5N2O8/c1-48-15-5-2-4-14(41)18(15)19-11-7-8-12-17(27(45)39(26(12)44)9-3-6-16(42)43)13(11)10-30(32)28(46)40(29(47)31(19,30)33)25-23(37)21(35)20(34)22(36)24(25)38/h2,4-5,7,12-13,17,19,41H,3,6,8-10H2,1H3,(H,42,43). The molecule has 2 N–H and O–H groups in total. The molecular weight excluding hydrogens is 694 g/mol. The summed E-state index contributed by atoms with van der Waals surface area (Å²) in [6.07, 6.45) is 0.208. The first-order chi connectivity index (χ1) is 22.5. The van der Waals surface area contributed by atoms with Gasteiger partial charge in [0.1, 0.15) is 17.2 Å². The number of carbonyl (C=O) groups is 5. The molecule has 10 nitrogen and oxygen atoms in total. The lowest BCUT2D eigenvalue weighted by Crippen LogP contribution is -2.60. The smallest absolute Gasteiger partial charge is 0.303 e. The summed E-state index contributed by atoms with van der Waals surface area (Å²) in [5.74, 6) is -24.3. The second-order valence-electron chi connectivity index (χ2n) is 11.9. The lowest BCUT2D eigenvalue weighted by molar-refractivity contribution is -0.142. The van der Waals surface area contributed by atoms with Crippen molar-refractivity contribution in [1.29, 1.82) is 0 Å². The normalized spacial score (nSPS) is 29.5. The summed E-state index contributed by atoms with van der Waals surface area (Å²) in [5, 5.41) is 20.1. The maximum atomic E-state index is 15.1. The van der Waals surface area contributed by atoms with Crippen molar-refractivity contribution in [3.05, 3.63) is 64.5 Å². The number of imide groups is 2. The third-order valence-electron chi connectivity index (χ3n) is 9.64. The van der Waals surface area contributed by atoms with E-state index in [2.05, 4.69) is 0 Å². The number of hydrogen-bond donors (Lipinski definition) is 2. The molecular formula is C31H23Cl2F5N2O8. The predicted molar refractivity (Wildman–Crippen MR) is 155 cm³/mol. The predicted octanol–water partition coefficient (Wildman–Crippen LogP) is 4.52. The van der Waals surface area contributed by atoms with Crippen LogP contribution in [0.2, 0.25) is 0 Å². The maximum absolute atomic E-state index is 15.1. The van der Waals surface area contributed by atoms with E-state index in [0.717, 1.165) is 4.90 Å². The minimum absolute atomic E-state index is 0.0665. The van der Waals surface area contributed by atoms with Crippen LogP contribution in [0.15, 0.2) is 29.8 Å². The number of methoxy groups -OCH3 is 1. The van der Waals surface area contributed by atoms with E-state index >= 15 is 8.78 Å². The molecule has 2 aliphatic heterocycles. The van der Waals surface area contributed by atoms with Gasteiger partial charge in [-0.15, -0.1) is 23.2 Å². The number of fused-ring (bicyclic) bond motifs is 4. The Labute approximate surface area is 277 Å². The number of likely N-dealkylation sites (tertiary alicyclic amines) is 1. The molecule has 2 aromatic rings. The highest BCUT2D eigenvalue weighted by atomic mass is 35.5. The number of aliphatic carboxylic acids is 1. The highest BCUT2D eigenvalue weighted by Crippen LogP contribution is 2.67. The number of anilines is 1. The van der Waals surface area contributed by atoms with Crippen LogP contribution in [0, 0.1) is 46.8 Å². The number of ether oxygens (including phenoxy) is 1. The number of carboxylic acid groups (broad SMARTS) is 1. The molecule has 3 fully saturated rings. The summed E-state index contributed by atoms with van der Waals surface area (Å²) in [6.45, 7) is -0.243. The SMILES string of the molecule is COc1cccc(O)c1C1C2=CCC3C(=O)N(CCCC(=O)O)C(=O)C3C2CC2(Cl)C(=O)N(c3c(F)c(F)c(F)c(F)c3F)C(=O)C12Cl. The number of carboxylic acids is 1. The van der Waals surface area contributed by atoms with Crippen molar-refractivity contribution < 1.29 is 60.9 Å². The average Bonchev–Trinajstić information content (AvgIpc) is 3.37. The summed E-state index contributed by atoms with van der Waals surface area (Å²) >= 11 is 14.1. The van der Waals surface area contributed by atoms with Crippen molar-refractivity contribution in [3.8, 4) is 11.5 Å². The lowest BCUT2D eigenvalue weighted by Gasteiger charge is -2.50. The van der Waals surface area contributed by atoms with E-state index in [0.29, 0.717) is 0 Å². The number of nitrogens with zero attached hydrogens (tertiary/aromatic N) is 2. The van der Waals surface area contributed by atoms with E-state index in [1.54, 1.807) is 0 Å². The molecule has 6 rings (SSSR count). The van der Waals surface area contributed by atoms with E-state index < -0.39 is 110 Å². The van der Waals surface area contributed by atoms with Gasteiger partial charge in [-0.05, 0) is 37.3 Å². The number of amides is 4. The van der Waals surface area contributed by atoms with E-state index in [4.69, 9.17) is 33.0 Å². The van der Waals surface area contributed by atoms with Crippen LogP contribution in [0.1, 0.15) is 37.2 Å². The number of rotatable bonds is 7. The number of halogens is 7. The van der Waals surface area contributed by atoms with E-state index in [-0.39, 0.29) is 47.6 Å². The molecule has 0 radical (unpaired) electrons. The fourth-order valence-corrected chi connectivity index (χ4v) is 8.48. The zero-order valence-corrected chi connectivity index (χ0v) is 26.1. The Kier molecular flexibility index (Phi) is 8.02. The minimum atomic E-state index is -2.83. The molecule has 4 amide bonds. The first kappa shape index (κ1) is 33.7. The van der Waals surface area contributed by atoms with Gasteiger partial charge >= 0.3 is 5.97 Å². The van der Waals surface area contributed by atoms with Crippen LogP contribution >= 0.6 is 23.2 Å². The zero-order chi connectivity index (χ0) is 35.2. The molecule has 0 aromatic heterocycles. The molecule has 2 heterocycles. The van der Waals surface area contributed by atoms with Crippen molar-refractivity contribution in [1.82, 2.24) is 4.90 Å². The van der Waals surface area contributed by atoms with Crippen molar-refractivity contribution >= 4 is 58.5 Å². The molecule has 2 saturated heterocycles. The molecule has 6 unspecified atom stereocenters. The molecule has 254 valence electrons. The monoisotopic (exact) mass is 716 g/mol. The number of hydrogen-bond acceptors (Lipinski definition) is 7. The van der Waals surface area contributed by atoms with Gasteiger partial charge in [-0.1, -0.05) is 17.7 Å². The van der Waals surface area contributed by atoms with Crippen LogP contribution in [0.25, 0.3) is 0 Å². The second-order valence-corrected chi connectivity index (χ2v) is 13.2. The molecule has 0 bridgehead atoms. The van der Waals surface area contributed by atoms with Gasteiger partial charge in [-0.3, -0.25) is 28.9 Å². The van der Waals surface area contributed by atoms with Crippen molar-refractivity contribution in [2.75, 3.05) is 18.6 Å². The Morgan fingerprint density at radius 2 is 1.58 bits per heavy atom. The second kappa shape index (κ2) is 11.4.